The van der Waals surface area contributed by atoms with Crippen LogP contribution in [0.3, 0.4) is 0 Å². The number of hydrogen-bond donors (Lipinski definition) is 0. The highest BCUT2D eigenvalue weighted by atomic mass is 79.9. The van der Waals surface area contributed by atoms with Crippen molar-refractivity contribution in [2.45, 2.75) is 4.90 Å². The fourth-order valence-corrected chi connectivity index (χ4v) is 2.01. The second kappa shape index (κ2) is 4.01. The van der Waals surface area contributed by atoms with E-state index >= 15 is 0 Å². The standard InChI is InChI=1S/C7H7BrOS/c8-6-10(9)7-4-2-1-3-5-7/h1-5H,6H2. The fraction of sp³-hybridized carbons (Fsp3) is 0.143. The van der Waals surface area contributed by atoms with Crippen molar-refractivity contribution in [3.8, 4) is 0 Å². The second-order valence-electron chi connectivity index (χ2n) is 1.77. The molecular weight excluding hydrogens is 212 g/mol. The molecule has 1 rings (SSSR count). The average molecular weight is 219 g/mol. The fourth-order valence-electron chi connectivity index (χ4n) is 0.635. The van der Waals surface area contributed by atoms with Gasteiger partial charge >= 0.3 is 0 Å². The minimum atomic E-state index is -0.874. The first-order valence-corrected chi connectivity index (χ1v) is 5.28. The van der Waals surface area contributed by atoms with Crippen molar-refractivity contribution < 1.29 is 4.55 Å². The van der Waals surface area contributed by atoms with E-state index < -0.39 is 11.2 Å². The number of benzene rings is 1. The summed E-state index contributed by atoms with van der Waals surface area (Å²) in [5.41, 5.74) is 0. The molecule has 1 atom stereocenters. The van der Waals surface area contributed by atoms with Crippen LogP contribution in [0.2, 0.25) is 0 Å². The largest absolute Gasteiger partial charge is 0.611 e. The quantitative estimate of drug-likeness (QED) is 0.552. The Morgan fingerprint density at radius 2 is 1.90 bits per heavy atom. The molecule has 0 bridgehead atoms. The van der Waals surface area contributed by atoms with Gasteiger partial charge in [0.1, 0.15) is 0 Å². The Balaban J connectivity index is 2.75. The maximum absolute atomic E-state index is 11.1. The molecule has 0 aliphatic heterocycles. The molecule has 1 aromatic carbocycles. The van der Waals surface area contributed by atoms with E-state index in [9.17, 15) is 4.55 Å². The molecule has 1 unspecified atom stereocenters. The summed E-state index contributed by atoms with van der Waals surface area (Å²) in [4.78, 5) is 0.874. The van der Waals surface area contributed by atoms with Crippen LogP contribution in [0.25, 0.3) is 0 Å². The van der Waals surface area contributed by atoms with E-state index in [-0.39, 0.29) is 0 Å². The monoisotopic (exact) mass is 218 g/mol. The van der Waals surface area contributed by atoms with Crippen LogP contribution < -0.4 is 0 Å². The van der Waals surface area contributed by atoms with Gasteiger partial charge in [-0.3, -0.25) is 0 Å². The van der Waals surface area contributed by atoms with Crippen LogP contribution in [-0.4, -0.2) is 9.21 Å². The zero-order valence-electron chi connectivity index (χ0n) is 5.29. The van der Waals surface area contributed by atoms with E-state index in [2.05, 4.69) is 15.9 Å². The molecule has 0 N–H and O–H groups in total. The van der Waals surface area contributed by atoms with Crippen molar-refractivity contribution in [3.05, 3.63) is 30.3 Å². The Hall–Kier alpha value is 0.0100. The lowest BCUT2D eigenvalue weighted by Gasteiger charge is -2.04. The van der Waals surface area contributed by atoms with Crippen molar-refractivity contribution in [1.82, 2.24) is 0 Å². The lowest BCUT2D eigenvalue weighted by atomic mass is 10.4. The van der Waals surface area contributed by atoms with E-state index in [4.69, 9.17) is 0 Å². The van der Waals surface area contributed by atoms with Gasteiger partial charge in [-0.05, 0) is 39.2 Å². The third-order valence-corrected chi connectivity index (χ3v) is 3.35. The number of alkyl halides is 1. The molecule has 54 valence electrons. The summed E-state index contributed by atoms with van der Waals surface area (Å²) >= 11 is 2.28. The molecule has 0 amide bonds. The van der Waals surface area contributed by atoms with Gasteiger partial charge in [0.2, 0.25) is 0 Å². The first kappa shape index (κ1) is 8.11. The van der Waals surface area contributed by atoms with Crippen molar-refractivity contribution in [2.24, 2.45) is 0 Å². The highest BCUT2D eigenvalue weighted by Gasteiger charge is 2.05. The molecule has 0 aliphatic rings. The summed E-state index contributed by atoms with van der Waals surface area (Å²) in [5, 5.41) is 0. The molecule has 0 aliphatic carbocycles. The van der Waals surface area contributed by atoms with Gasteiger partial charge in [0, 0.05) is 0 Å². The maximum atomic E-state index is 11.1. The summed E-state index contributed by atoms with van der Waals surface area (Å²) in [7, 11) is 0. The number of rotatable bonds is 2. The Bertz CT molecular complexity index is 190. The number of halogens is 1. The summed E-state index contributed by atoms with van der Waals surface area (Å²) in [6.45, 7) is 0. The summed E-state index contributed by atoms with van der Waals surface area (Å²) in [5.74, 6) is 0. The molecule has 0 spiro atoms. The number of hydrogen-bond acceptors (Lipinski definition) is 1. The van der Waals surface area contributed by atoms with Crippen LogP contribution >= 0.6 is 15.9 Å². The zero-order valence-corrected chi connectivity index (χ0v) is 7.69. The van der Waals surface area contributed by atoms with Gasteiger partial charge in [-0.15, -0.1) is 0 Å². The van der Waals surface area contributed by atoms with Gasteiger partial charge in [-0.1, -0.05) is 18.2 Å². The van der Waals surface area contributed by atoms with Crippen molar-refractivity contribution in [1.29, 1.82) is 0 Å². The van der Waals surface area contributed by atoms with Gasteiger partial charge in [0.05, 0.1) is 0 Å². The second-order valence-corrected chi connectivity index (χ2v) is 4.52. The Kier molecular flexibility index (Phi) is 3.25. The minimum Gasteiger partial charge on any atom is -0.611 e. The van der Waals surface area contributed by atoms with Crippen molar-refractivity contribution in [3.63, 3.8) is 0 Å². The molecule has 1 nitrogen and oxygen atoms in total. The Labute approximate surface area is 71.8 Å². The van der Waals surface area contributed by atoms with E-state index in [1.807, 2.05) is 30.3 Å². The lowest BCUT2D eigenvalue weighted by molar-refractivity contribution is 0.600. The van der Waals surface area contributed by atoms with Crippen molar-refractivity contribution in [2.75, 3.05) is 4.66 Å². The molecule has 10 heavy (non-hydrogen) atoms. The third-order valence-electron chi connectivity index (χ3n) is 1.11. The maximum Gasteiger partial charge on any atom is 0.165 e. The van der Waals surface area contributed by atoms with Crippen LogP contribution in [0.15, 0.2) is 35.2 Å². The van der Waals surface area contributed by atoms with Gasteiger partial charge < -0.3 is 4.55 Å². The Morgan fingerprint density at radius 1 is 1.30 bits per heavy atom. The van der Waals surface area contributed by atoms with Gasteiger partial charge in [-0.25, -0.2) is 0 Å². The molecule has 1 aromatic rings. The van der Waals surface area contributed by atoms with E-state index in [1.165, 1.54) is 0 Å². The van der Waals surface area contributed by atoms with E-state index in [1.54, 1.807) is 0 Å². The first-order chi connectivity index (χ1) is 4.84. The highest BCUT2D eigenvalue weighted by Crippen LogP contribution is 2.11. The molecule has 0 saturated heterocycles. The lowest BCUT2D eigenvalue weighted by Crippen LogP contribution is -2.00. The van der Waals surface area contributed by atoms with Gasteiger partial charge in [0.15, 0.2) is 9.56 Å². The summed E-state index contributed by atoms with van der Waals surface area (Å²) < 4.78 is 11.6. The van der Waals surface area contributed by atoms with Crippen LogP contribution in [0, 0.1) is 0 Å². The SMILES string of the molecule is [O-][S+](CBr)c1ccccc1. The summed E-state index contributed by atoms with van der Waals surface area (Å²) in [6, 6.07) is 9.40. The summed E-state index contributed by atoms with van der Waals surface area (Å²) in [6.07, 6.45) is 0. The Morgan fingerprint density at radius 3 is 2.40 bits per heavy atom. The predicted octanol–water partition coefficient (Wildman–Crippen LogP) is 2.15. The van der Waals surface area contributed by atoms with Crippen LogP contribution in [0.1, 0.15) is 0 Å². The van der Waals surface area contributed by atoms with Crippen molar-refractivity contribution >= 4 is 27.1 Å². The molecule has 0 radical (unpaired) electrons. The van der Waals surface area contributed by atoms with Gasteiger partial charge in [-0.2, -0.15) is 0 Å². The van der Waals surface area contributed by atoms with E-state index in [0.29, 0.717) is 4.66 Å². The molecular formula is C7H7BrOS. The predicted molar refractivity (Wildman–Crippen MR) is 46.6 cm³/mol. The topological polar surface area (TPSA) is 23.1 Å². The normalized spacial score (nSPS) is 13.0. The molecule has 3 heteroatoms. The molecule has 0 heterocycles. The smallest absolute Gasteiger partial charge is 0.165 e. The van der Waals surface area contributed by atoms with Crippen LogP contribution in [0.4, 0.5) is 0 Å². The third kappa shape index (κ3) is 2.01. The van der Waals surface area contributed by atoms with E-state index in [0.717, 1.165) is 4.90 Å². The van der Waals surface area contributed by atoms with Gasteiger partial charge in [0.25, 0.3) is 0 Å². The zero-order chi connectivity index (χ0) is 7.40. The molecule has 0 aromatic heterocycles. The highest BCUT2D eigenvalue weighted by molar-refractivity contribution is 9.10. The van der Waals surface area contributed by atoms with Crippen LogP contribution in [0.5, 0.6) is 0 Å². The molecule has 0 fully saturated rings. The average Bonchev–Trinajstić information content (AvgIpc) is 2.05. The van der Waals surface area contributed by atoms with Crippen LogP contribution in [-0.2, 0) is 11.2 Å². The first-order valence-electron chi connectivity index (χ1n) is 2.84. The molecule has 0 saturated carbocycles. The minimum absolute atomic E-state index is 0.511.